The van der Waals surface area contributed by atoms with Gasteiger partial charge in [-0.25, -0.2) is 9.97 Å². The number of carbonyl (C=O) groups excluding carboxylic acids is 1. The Morgan fingerprint density at radius 2 is 2.33 bits per heavy atom. The van der Waals surface area contributed by atoms with Crippen molar-refractivity contribution in [2.75, 3.05) is 0 Å². The predicted octanol–water partition coefficient (Wildman–Crippen LogP) is 1.15. The topological polar surface area (TPSA) is 52.7 Å². The Morgan fingerprint density at radius 3 is 3.00 bits per heavy atom. The normalized spacial score (nSPS) is 12.6. The molecule has 0 saturated heterocycles. The summed E-state index contributed by atoms with van der Waals surface area (Å²) in [7, 11) is 0. The van der Waals surface area contributed by atoms with Gasteiger partial charge in [0.25, 0.3) is 0 Å². The molecule has 1 atom stereocenters. The lowest BCUT2D eigenvalue weighted by Crippen LogP contribution is -2.13. The third-order valence-electron chi connectivity index (χ3n) is 2.33. The van der Waals surface area contributed by atoms with Gasteiger partial charge in [0.15, 0.2) is 6.29 Å². The lowest BCUT2D eigenvalue weighted by molar-refractivity contribution is 0.111. The van der Waals surface area contributed by atoms with Crippen LogP contribution < -0.4 is 0 Å². The van der Waals surface area contributed by atoms with E-state index in [1.807, 2.05) is 22.3 Å². The third kappa shape index (κ3) is 1.96. The summed E-state index contributed by atoms with van der Waals surface area (Å²) in [5, 5.41) is 0. The van der Waals surface area contributed by atoms with Gasteiger partial charge in [0.2, 0.25) is 0 Å². The summed E-state index contributed by atoms with van der Waals surface area (Å²) in [5.41, 5.74) is 0.600. The van der Waals surface area contributed by atoms with Gasteiger partial charge in [0.1, 0.15) is 5.69 Å². The van der Waals surface area contributed by atoms with Crippen LogP contribution in [0.25, 0.3) is 0 Å². The molecule has 2 aromatic heterocycles. The Bertz CT molecular complexity index is 432. The number of hydrogen-bond donors (Lipinski definition) is 0. The zero-order valence-corrected chi connectivity index (χ0v) is 8.45. The lowest BCUT2D eigenvalue weighted by atomic mass is 10.3. The van der Waals surface area contributed by atoms with Gasteiger partial charge in [-0.3, -0.25) is 4.79 Å². The molecule has 0 radical (unpaired) electrons. The molecule has 1 unspecified atom stereocenters. The highest BCUT2D eigenvalue weighted by Crippen LogP contribution is 2.10. The maximum absolute atomic E-state index is 10.7. The van der Waals surface area contributed by atoms with Gasteiger partial charge in [0.05, 0.1) is 24.9 Å². The summed E-state index contributed by atoms with van der Waals surface area (Å²) in [6.45, 7) is 2.81. The van der Waals surface area contributed by atoms with Gasteiger partial charge >= 0.3 is 0 Å². The highest BCUT2D eigenvalue weighted by Gasteiger charge is 2.08. The summed E-state index contributed by atoms with van der Waals surface area (Å²) < 4.78 is 3.83. The van der Waals surface area contributed by atoms with Crippen LogP contribution in [0.15, 0.2) is 31.2 Å². The van der Waals surface area contributed by atoms with E-state index >= 15 is 0 Å². The molecule has 0 aliphatic carbocycles. The van der Waals surface area contributed by atoms with Crippen molar-refractivity contribution >= 4 is 6.29 Å². The number of nitrogens with zero attached hydrogens (tertiary/aromatic N) is 4. The SMILES string of the molecule is CC(Cn1ccnc1)n1cncc1C=O. The number of carbonyl (C=O) groups is 1. The monoisotopic (exact) mass is 204 g/mol. The molecule has 15 heavy (non-hydrogen) atoms. The van der Waals surface area contributed by atoms with E-state index in [1.165, 1.54) is 0 Å². The Balaban J connectivity index is 2.14. The Hall–Kier alpha value is -1.91. The summed E-state index contributed by atoms with van der Waals surface area (Å²) in [6.07, 6.45) is 9.45. The van der Waals surface area contributed by atoms with Crippen LogP contribution in [-0.4, -0.2) is 25.4 Å². The van der Waals surface area contributed by atoms with Crippen molar-refractivity contribution in [3.05, 3.63) is 36.9 Å². The van der Waals surface area contributed by atoms with Crippen molar-refractivity contribution in [2.45, 2.75) is 19.5 Å². The van der Waals surface area contributed by atoms with E-state index in [4.69, 9.17) is 0 Å². The van der Waals surface area contributed by atoms with Crippen LogP contribution in [0.3, 0.4) is 0 Å². The molecule has 0 amide bonds. The molecule has 0 aromatic carbocycles. The third-order valence-corrected chi connectivity index (χ3v) is 2.33. The van der Waals surface area contributed by atoms with Crippen LogP contribution in [0, 0.1) is 0 Å². The largest absolute Gasteiger partial charge is 0.335 e. The molecule has 5 nitrogen and oxygen atoms in total. The summed E-state index contributed by atoms with van der Waals surface area (Å²) in [5.74, 6) is 0. The Kier molecular flexibility index (Phi) is 2.62. The fraction of sp³-hybridized carbons (Fsp3) is 0.300. The highest BCUT2D eigenvalue weighted by molar-refractivity contribution is 5.71. The smallest absolute Gasteiger partial charge is 0.168 e. The molecule has 0 bridgehead atoms. The van der Waals surface area contributed by atoms with Gasteiger partial charge in [-0.05, 0) is 6.92 Å². The molecule has 0 N–H and O–H groups in total. The lowest BCUT2D eigenvalue weighted by Gasteiger charge is -2.14. The number of rotatable bonds is 4. The second kappa shape index (κ2) is 4.08. The van der Waals surface area contributed by atoms with Crippen molar-refractivity contribution in [2.24, 2.45) is 0 Å². The minimum absolute atomic E-state index is 0.182. The number of hydrogen-bond acceptors (Lipinski definition) is 3. The van der Waals surface area contributed by atoms with Crippen LogP contribution >= 0.6 is 0 Å². The summed E-state index contributed by atoms with van der Waals surface area (Å²) in [6, 6.07) is 0.182. The molecule has 5 heteroatoms. The average Bonchev–Trinajstić information content (AvgIpc) is 2.86. The molecular weight excluding hydrogens is 192 g/mol. The van der Waals surface area contributed by atoms with Gasteiger partial charge in [-0.1, -0.05) is 0 Å². The standard InChI is InChI=1S/C10H12N4O/c1-9(5-13-3-2-11-7-13)14-8-12-4-10(14)6-15/h2-4,6-9H,5H2,1H3. The molecule has 2 rings (SSSR count). The van der Waals surface area contributed by atoms with Gasteiger partial charge in [-0.2, -0.15) is 0 Å². The van der Waals surface area contributed by atoms with E-state index in [2.05, 4.69) is 9.97 Å². The van der Waals surface area contributed by atoms with E-state index in [9.17, 15) is 4.79 Å². The Labute approximate surface area is 87.4 Å². The molecule has 2 heterocycles. The van der Waals surface area contributed by atoms with Gasteiger partial charge in [-0.15, -0.1) is 0 Å². The fourth-order valence-corrected chi connectivity index (χ4v) is 1.56. The maximum Gasteiger partial charge on any atom is 0.168 e. The van der Waals surface area contributed by atoms with Crippen LogP contribution in [-0.2, 0) is 6.54 Å². The van der Waals surface area contributed by atoms with Crippen LogP contribution in [0.2, 0.25) is 0 Å². The van der Waals surface area contributed by atoms with Crippen molar-refractivity contribution in [1.82, 2.24) is 19.1 Å². The average molecular weight is 204 g/mol. The Morgan fingerprint density at radius 1 is 1.47 bits per heavy atom. The summed E-state index contributed by atoms with van der Waals surface area (Å²) in [4.78, 5) is 18.6. The van der Waals surface area contributed by atoms with Crippen molar-refractivity contribution in [3.63, 3.8) is 0 Å². The molecule has 0 aliphatic rings. The first-order chi connectivity index (χ1) is 7.31. The molecule has 2 aromatic rings. The van der Waals surface area contributed by atoms with E-state index in [0.29, 0.717) is 5.69 Å². The maximum atomic E-state index is 10.7. The molecule has 0 spiro atoms. The van der Waals surface area contributed by atoms with Crippen molar-refractivity contribution < 1.29 is 4.79 Å². The van der Waals surface area contributed by atoms with Gasteiger partial charge in [0, 0.05) is 18.9 Å². The first-order valence-corrected chi connectivity index (χ1v) is 4.74. The molecule has 78 valence electrons. The summed E-state index contributed by atoms with van der Waals surface area (Å²) >= 11 is 0. The predicted molar refractivity (Wildman–Crippen MR) is 54.6 cm³/mol. The first-order valence-electron chi connectivity index (χ1n) is 4.74. The number of aromatic nitrogens is 4. The molecule has 0 saturated carbocycles. The van der Waals surface area contributed by atoms with E-state index < -0.39 is 0 Å². The van der Waals surface area contributed by atoms with Gasteiger partial charge < -0.3 is 9.13 Å². The highest BCUT2D eigenvalue weighted by atomic mass is 16.1. The van der Waals surface area contributed by atoms with Crippen LogP contribution in [0.5, 0.6) is 0 Å². The second-order valence-corrected chi connectivity index (χ2v) is 3.45. The van der Waals surface area contributed by atoms with E-state index in [0.717, 1.165) is 12.8 Å². The number of imidazole rings is 2. The molecular formula is C10H12N4O. The number of aldehydes is 1. The molecule has 0 aliphatic heterocycles. The minimum atomic E-state index is 0.182. The zero-order valence-electron chi connectivity index (χ0n) is 8.45. The fourth-order valence-electron chi connectivity index (χ4n) is 1.56. The van der Waals surface area contributed by atoms with E-state index in [-0.39, 0.29) is 6.04 Å². The minimum Gasteiger partial charge on any atom is -0.335 e. The van der Waals surface area contributed by atoms with Crippen LogP contribution in [0.1, 0.15) is 23.5 Å². The van der Waals surface area contributed by atoms with E-state index in [1.54, 1.807) is 25.0 Å². The van der Waals surface area contributed by atoms with Crippen molar-refractivity contribution in [3.8, 4) is 0 Å². The second-order valence-electron chi connectivity index (χ2n) is 3.45. The van der Waals surface area contributed by atoms with Crippen LogP contribution in [0.4, 0.5) is 0 Å². The molecule has 0 fully saturated rings. The van der Waals surface area contributed by atoms with Crippen molar-refractivity contribution in [1.29, 1.82) is 0 Å². The first kappa shape index (κ1) is 9.64. The zero-order chi connectivity index (χ0) is 10.7. The quantitative estimate of drug-likeness (QED) is 0.702.